The van der Waals surface area contributed by atoms with Gasteiger partial charge in [0.2, 0.25) is 0 Å². The molecule has 1 aromatic heterocycles. The SMILES string of the molecule is Cc1cc(NCc2ncc[nH]2)ccc1C#N. The Bertz CT molecular complexity index is 508. The molecule has 0 atom stereocenters. The molecule has 4 heteroatoms. The van der Waals surface area contributed by atoms with Crippen molar-refractivity contribution in [2.75, 3.05) is 5.32 Å². The van der Waals surface area contributed by atoms with Crippen molar-refractivity contribution in [3.05, 3.63) is 47.5 Å². The largest absolute Gasteiger partial charge is 0.378 e. The zero-order valence-electron chi connectivity index (χ0n) is 8.99. The molecule has 16 heavy (non-hydrogen) atoms. The number of nitrogens with one attached hydrogen (secondary N) is 2. The van der Waals surface area contributed by atoms with Gasteiger partial charge in [0.15, 0.2) is 0 Å². The molecule has 0 unspecified atom stereocenters. The fourth-order valence-corrected chi connectivity index (χ4v) is 1.48. The van der Waals surface area contributed by atoms with Crippen LogP contribution in [0.15, 0.2) is 30.6 Å². The van der Waals surface area contributed by atoms with Crippen molar-refractivity contribution in [1.29, 1.82) is 5.26 Å². The van der Waals surface area contributed by atoms with Gasteiger partial charge in [0.25, 0.3) is 0 Å². The van der Waals surface area contributed by atoms with Crippen LogP contribution in [-0.2, 0) is 6.54 Å². The molecule has 0 radical (unpaired) electrons. The number of rotatable bonds is 3. The fourth-order valence-electron chi connectivity index (χ4n) is 1.48. The normalized spacial score (nSPS) is 9.75. The molecule has 0 saturated heterocycles. The highest BCUT2D eigenvalue weighted by Crippen LogP contribution is 2.14. The molecule has 0 saturated carbocycles. The Balaban J connectivity index is 2.06. The molecule has 1 aromatic carbocycles. The summed E-state index contributed by atoms with van der Waals surface area (Å²) in [6.45, 7) is 2.58. The van der Waals surface area contributed by atoms with Gasteiger partial charge in [-0.05, 0) is 30.7 Å². The highest BCUT2D eigenvalue weighted by atomic mass is 15.0. The Morgan fingerprint density at radius 1 is 1.50 bits per heavy atom. The first-order chi connectivity index (χ1) is 7.79. The quantitative estimate of drug-likeness (QED) is 0.819. The zero-order chi connectivity index (χ0) is 11.4. The lowest BCUT2D eigenvalue weighted by molar-refractivity contribution is 0.999. The Hall–Kier alpha value is -2.28. The van der Waals surface area contributed by atoms with Crippen molar-refractivity contribution in [2.45, 2.75) is 13.5 Å². The summed E-state index contributed by atoms with van der Waals surface area (Å²) in [5, 5.41) is 12.0. The number of aryl methyl sites for hydroxylation is 1. The van der Waals surface area contributed by atoms with Crippen LogP contribution in [0, 0.1) is 18.3 Å². The molecule has 0 aliphatic rings. The van der Waals surface area contributed by atoms with Gasteiger partial charge in [-0.1, -0.05) is 0 Å². The maximum absolute atomic E-state index is 8.80. The Morgan fingerprint density at radius 2 is 2.38 bits per heavy atom. The first kappa shape index (κ1) is 10.2. The minimum atomic E-state index is 0.651. The van der Waals surface area contributed by atoms with E-state index in [9.17, 15) is 0 Å². The average molecular weight is 212 g/mol. The third-order valence-electron chi connectivity index (χ3n) is 2.36. The van der Waals surface area contributed by atoms with Gasteiger partial charge in [-0.15, -0.1) is 0 Å². The van der Waals surface area contributed by atoms with Crippen LogP contribution in [0.3, 0.4) is 0 Å². The van der Waals surface area contributed by atoms with Gasteiger partial charge in [-0.25, -0.2) is 4.98 Å². The average Bonchev–Trinajstić information content (AvgIpc) is 2.79. The van der Waals surface area contributed by atoms with Crippen LogP contribution in [0.25, 0.3) is 0 Å². The number of H-pyrrole nitrogens is 1. The second kappa shape index (κ2) is 4.49. The summed E-state index contributed by atoms with van der Waals surface area (Å²) in [6.07, 6.45) is 3.52. The molecule has 0 amide bonds. The first-order valence-corrected chi connectivity index (χ1v) is 5.02. The van der Waals surface area contributed by atoms with Gasteiger partial charge in [0.05, 0.1) is 18.2 Å². The first-order valence-electron chi connectivity index (χ1n) is 5.02. The fraction of sp³-hybridized carbons (Fsp3) is 0.167. The van der Waals surface area contributed by atoms with E-state index >= 15 is 0 Å². The highest BCUT2D eigenvalue weighted by molar-refractivity contribution is 5.51. The number of nitriles is 1. The van der Waals surface area contributed by atoms with E-state index in [-0.39, 0.29) is 0 Å². The Morgan fingerprint density at radius 3 is 3.00 bits per heavy atom. The summed E-state index contributed by atoms with van der Waals surface area (Å²) in [4.78, 5) is 7.14. The number of hydrogen-bond donors (Lipinski definition) is 2. The summed E-state index contributed by atoms with van der Waals surface area (Å²) in [6, 6.07) is 7.82. The molecule has 0 bridgehead atoms. The third kappa shape index (κ3) is 2.20. The van der Waals surface area contributed by atoms with E-state index in [2.05, 4.69) is 21.4 Å². The van der Waals surface area contributed by atoms with Gasteiger partial charge >= 0.3 is 0 Å². The summed E-state index contributed by atoms with van der Waals surface area (Å²) >= 11 is 0. The lowest BCUT2D eigenvalue weighted by Gasteiger charge is -2.06. The number of hydrogen-bond acceptors (Lipinski definition) is 3. The highest BCUT2D eigenvalue weighted by Gasteiger charge is 1.99. The maximum atomic E-state index is 8.80. The van der Waals surface area contributed by atoms with Gasteiger partial charge in [-0.2, -0.15) is 5.26 Å². The van der Waals surface area contributed by atoms with Crippen molar-refractivity contribution in [2.24, 2.45) is 0 Å². The van der Waals surface area contributed by atoms with Gasteiger partial charge in [0.1, 0.15) is 5.82 Å². The van der Waals surface area contributed by atoms with Crippen molar-refractivity contribution in [3.63, 3.8) is 0 Å². The monoisotopic (exact) mass is 212 g/mol. The van der Waals surface area contributed by atoms with Gasteiger partial charge in [0, 0.05) is 18.1 Å². The molecular formula is C12H12N4. The van der Waals surface area contributed by atoms with E-state index in [1.807, 2.05) is 25.1 Å². The van der Waals surface area contributed by atoms with E-state index in [0.29, 0.717) is 12.1 Å². The van der Waals surface area contributed by atoms with E-state index in [0.717, 1.165) is 17.1 Å². The van der Waals surface area contributed by atoms with Gasteiger partial charge in [-0.3, -0.25) is 0 Å². The number of imidazole rings is 1. The van der Waals surface area contributed by atoms with Crippen molar-refractivity contribution in [1.82, 2.24) is 9.97 Å². The van der Waals surface area contributed by atoms with Crippen LogP contribution in [0.5, 0.6) is 0 Å². The van der Waals surface area contributed by atoms with E-state index in [1.165, 1.54) is 0 Å². The molecule has 80 valence electrons. The number of nitrogens with zero attached hydrogens (tertiary/aromatic N) is 2. The zero-order valence-corrected chi connectivity index (χ0v) is 8.99. The molecule has 4 nitrogen and oxygen atoms in total. The second-order valence-electron chi connectivity index (χ2n) is 3.53. The van der Waals surface area contributed by atoms with Crippen LogP contribution < -0.4 is 5.32 Å². The smallest absolute Gasteiger partial charge is 0.125 e. The van der Waals surface area contributed by atoms with Crippen molar-refractivity contribution in [3.8, 4) is 6.07 Å². The lowest BCUT2D eigenvalue weighted by atomic mass is 10.1. The molecule has 1 heterocycles. The van der Waals surface area contributed by atoms with Crippen LogP contribution in [0.4, 0.5) is 5.69 Å². The van der Waals surface area contributed by atoms with Gasteiger partial charge < -0.3 is 10.3 Å². The Labute approximate surface area is 94.0 Å². The van der Waals surface area contributed by atoms with Crippen LogP contribution in [0.2, 0.25) is 0 Å². The van der Waals surface area contributed by atoms with Crippen LogP contribution in [-0.4, -0.2) is 9.97 Å². The van der Waals surface area contributed by atoms with Crippen LogP contribution in [0.1, 0.15) is 17.0 Å². The predicted octanol–water partition coefficient (Wildman–Crippen LogP) is 2.20. The summed E-state index contributed by atoms with van der Waals surface area (Å²) in [5.74, 6) is 0.891. The number of benzene rings is 1. The molecular weight excluding hydrogens is 200 g/mol. The topological polar surface area (TPSA) is 64.5 Å². The minimum Gasteiger partial charge on any atom is -0.378 e. The predicted molar refractivity (Wildman–Crippen MR) is 61.8 cm³/mol. The summed E-state index contributed by atoms with van der Waals surface area (Å²) in [5.41, 5.74) is 2.68. The van der Waals surface area contributed by atoms with E-state index < -0.39 is 0 Å². The minimum absolute atomic E-state index is 0.651. The molecule has 0 spiro atoms. The molecule has 0 aliphatic heterocycles. The lowest BCUT2D eigenvalue weighted by Crippen LogP contribution is -2.01. The van der Waals surface area contributed by atoms with E-state index in [4.69, 9.17) is 5.26 Å². The molecule has 2 aromatic rings. The number of aromatic amines is 1. The molecule has 0 fully saturated rings. The standard InChI is InChI=1S/C12H12N4/c1-9-6-11(3-2-10(9)7-13)16-8-12-14-4-5-15-12/h2-6,16H,8H2,1H3,(H,14,15). The summed E-state index contributed by atoms with van der Waals surface area (Å²) in [7, 11) is 0. The maximum Gasteiger partial charge on any atom is 0.125 e. The molecule has 0 aliphatic carbocycles. The van der Waals surface area contributed by atoms with Crippen LogP contribution >= 0.6 is 0 Å². The number of aromatic nitrogens is 2. The Kier molecular flexibility index (Phi) is 2.88. The molecule has 2 N–H and O–H groups in total. The third-order valence-corrected chi connectivity index (χ3v) is 2.36. The van der Waals surface area contributed by atoms with Crippen molar-refractivity contribution < 1.29 is 0 Å². The summed E-state index contributed by atoms with van der Waals surface area (Å²) < 4.78 is 0. The number of anilines is 1. The molecule has 2 rings (SSSR count). The van der Waals surface area contributed by atoms with Crippen molar-refractivity contribution >= 4 is 5.69 Å². The van der Waals surface area contributed by atoms with E-state index in [1.54, 1.807) is 12.4 Å². The second-order valence-corrected chi connectivity index (χ2v) is 3.53.